The molecule has 15 heavy (non-hydrogen) atoms. The standard InChI is InChI=1S/C9H12N4O2/c1-5(14)10-9-7-3-13(6(2)15)4-8(7)11-12-9/h3-4H2,1-2H3,(H2,10,11,12,14). The van der Waals surface area contributed by atoms with Gasteiger partial charge in [-0.1, -0.05) is 0 Å². The fraction of sp³-hybridized carbons (Fsp3) is 0.444. The number of fused-ring (bicyclic) bond motifs is 1. The summed E-state index contributed by atoms with van der Waals surface area (Å²) in [6.45, 7) is 4.00. The smallest absolute Gasteiger partial charge is 0.222 e. The predicted octanol–water partition coefficient (Wildman–Crippen LogP) is 0.230. The monoisotopic (exact) mass is 208 g/mol. The van der Waals surface area contributed by atoms with Gasteiger partial charge in [0.15, 0.2) is 5.82 Å². The van der Waals surface area contributed by atoms with Crippen molar-refractivity contribution in [3.05, 3.63) is 11.3 Å². The molecule has 0 bridgehead atoms. The lowest BCUT2D eigenvalue weighted by Crippen LogP contribution is -2.22. The minimum atomic E-state index is -0.162. The molecule has 1 aliphatic heterocycles. The lowest BCUT2D eigenvalue weighted by Gasteiger charge is -2.12. The number of aromatic nitrogens is 2. The van der Waals surface area contributed by atoms with Crippen LogP contribution in [0.2, 0.25) is 0 Å². The average Bonchev–Trinajstić information content (AvgIpc) is 2.66. The molecule has 2 N–H and O–H groups in total. The second-order valence-electron chi connectivity index (χ2n) is 3.59. The van der Waals surface area contributed by atoms with Crippen molar-refractivity contribution in [2.24, 2.45) is 0 Å². The first kappa shape index (κ1) is 9.70. The summed E-state index contributed by atoms with van der Waals surface area (Å²) in [4.78, 5) is 23.7. The highest BCUT2D eigenvalue weighted by Gasteiger charge is 2.26. The molecular weight excluding hydrogens is 196 g/mol. The van der Waals surface area contributed by atoms with Crippen molar-refractivity contribution in [3.8, 4) is 0 Å². The molecule has 1 aliphatic rings. The number of hydrogen-bond acceptors (Lipinski definition) is 3. The van der Waals surface area contributed by atoms with Crippen molar-refractivity contribution >= 4 is 17.6 Å². The number of nitrogens with one attached hydrogen (secondary N) is 2. The minimum Gasteiger partial charge on any atom is -0.333 e. The number of aromatic amines is 1. The largest absolute Gasteiger partial charge is 0.333 e. The third-order valence-electron chi connectivity index (χ3n) is 2.39. The number of hydrogen-bond donors (Lipinski definition) is 2. The Labute approximate surface area is 86.6 Å². The first-order valence-corrected chi connectivity index (χ1v) is 4.67. The van der Waals surface area contributed by atoms with Crippen LogP contribution in [0.4, 0.5) is 5.82 Å². The lowest BCUT2D eigenvalue weighted by atomic mass is 10.3. The van der Waals surface area contributed by atoms with Crippen molar-refractivity contribution in [2.45, 2.75) is 26.9 Å². The third kappa shape index (κ3) is 1.70. The fourth-order valence-electron chi connectivity index (χ4n) is 1.63. The number of anilines is 1. The molecule has 2 rings (SSSR count). The molecule has 0 atom stereocenters. The van der Waals surface area contributed by atoms with Crippen molar-refractivity contribution in [2.75, 3.05) is 5.32 Å². The summed E-state index contributed by atoms with van der Waals surface area (Å²) < 4.78 is 0. The molecular formula is C9H12N4O2. The van der Waals surface area contributed by atoms with E-state index in [2.05, 4.69) is 15.5 Å². The number of nitrogens with zero attached hydrogens (tertiary/aromatic N) is 2. The Morgan fingerprint density at radius 1 is 1.40 bits per heavy atom. The van der Waals surface area contributed by atoms with E-state index in [1.807, 2.05) is 0 Å². The van der Waals surface area contributed by atoms with Crippen molar-refractivity contribution in [1.82, 2.24) is 15.1 Å². The van der Waals surface area contributed by atoms with Crippen LogP contribution in [0.5, 0.6) is 0 Å². The van der Waals surface area contributed by atoms with E-state index in [4.69, 9.17) is 0 Å². The number of carbonyl (C=O) groups excluding carboxylic acids is 2. The zero-order valence-electron chi connectivity index (χ0n) is 8.63. The molecule has 2 amide bonds. The van der Waals surface area contributed by atoms with E-state index in [9.17, 15) is 9.59 Å². The molecule has 0 fully saturated rings. The highest BCUT2D eigenvalue weighted by atomic mass is 16.2. The first-order chi connectivity index (χ1) is 7.08. The Morgan fingerprint density at radius 2 is 2.13 bits per heavy atom. The van der Waals surface area contributed by atoms with Crippen LogP contribution in [0.25, 0.3) is 0 Å². The van der Waals surface area contributed by atoms with Crippen molar-refractivity contribution in [3.63, 3.8) is 0 Å². The van der Waals surface area contributed by atoms with Gasteiger partial charge in [-0.3, -0.25) is 14.7 Å². The van der Waals surface area contributed by atoms with Gasteiger partial charge in [-0.05, 0) is 0 Å². The van der Waals surface area contributed by atoms with Crippen LogP contribution < -0.4 is 5.32 Å². The molecule has 2 heterocycles. The second-order valence-corrected chi connectivity index (χ2v) is 3.59. The second kappa shape index (κ2) is 3.38. The summed E-state index contributed by atoms with van der Waals surface area (Å²) in [5, 5.41) is 9.42. The summed E-state index contributed by atoms with van der Waals surface area (Å²) in [7, 11) is 0. The number of amides is 2. The van der Waals surface area contributed by atoms with Gasteiger partial charge in [0.25, 0.3) is 0 Å². The molecule has 0 aliphatic carbocycles. The minimum absolute atomic E-state index is 0.0216. The Bertz CT molecular complexity index is 424. The average molecular weight is 208 g/mol. The Kier molecular flexibility index (Phi) is 2.18. The van der Waals surface area contributed by atoms with Gasteiger partial charge in [-0.15, -0.1) is 0 Å². The molecule has 0 saturated carbocycles. The molecule has 0 radical (unpaired) electrons. The normalized spacial score (nSPS) is 13.9. The Morgan fingerprint density at radius 3 is 2.73 bits per heavy atom. The number of H-pyrrole nitrogens is 1. The van der Waals surface area contributed by atoms with Gasteiger partial charge >= 0.3 is 0 Å². The summed E-state index contributed by atoms with van der Waals surface area (Å²) in [6, 6.07) is 0. The maximum Gasteiger partial charge on any atom is 0.222 e. The van der Waals surface area contributed by atoms with E-state index < -0.39 is 0 Å². The SMILES string of the molecule is CC(=O)Nc1n[nH]c2c1CN(C(C)=O)C2. The number of rotatable bonds is 1. The van der Waals surface area contributed by atoms with Crippen molar-refractivity contribution < 1.29 is 9.59 Å². The molecule has 0 unspecified atom stereocenters. The van der Waals surface area contributed by atoms with Crippen LogP contribution in [0, 0.1) is 0 Å². The van der Waals surface area contributed by atoms with Crippen LogP contribution >= 0.6 is 0 Å². The molecule has 0 spiro atoms. The molecule has 1 aromatic heterocycles. The Hall–Kier alpha value is -1.85. The van der Waals surface area contributed by atoms with Gasteiger partial charge in [0.2, 0.25) is 11.8 Å². The molecule has 80 valence electrons. The van der Waals surface area contributed by atoms with Crippen LogP contribution in [-0.2, 0) is 22.7 Å². The maximum atomic E-state index is 11.2. The summed E-state index contributed by atoms with van der Waals surface area (Å²) in [5.41, 5.74) is 1.80. The van der Waals surface area contributed by atoms with Crippen LogP contribution in [0.15, 0.2) is 0 Å². The molecule has 6 heteroatoms. The molecule has 1 aromatic rings. The van der Waals surface area contributed by atoms with E-state index in [-0.39, 0.29) is 11.8 Å². The van der Waals surface area contributed by atoms with Gasteiger partial charge in [0, 0.05) is 19.4 Å². The fourth-order valence-corrected chi connectivity index (χ4v) is 1.63. The van der Waals surface area contributed by atoms with E-state index in [0.29, 0.717) is 18.9 Å². The summed E-state index contributed by atoms with van der Waals surface area (Å²) in [6.07, 6.45) is 0. The van der Waals surface area contributed by atoms with Gasteiger partial charge in [0.1, 0.15) is 0 Å². The van der Waals surface area contributed by atoms with Crippen LogP contribution in [-0.4, -0.2) is 26.9 Å². The zero-order valence-corrected chi connectivity index (χ0v) is 8.63. The molecule has 0 aromatic carbocycles. The van der Waals surface area contributed by atoms with Gasteiger partial charge < -0.3 is 10.2 Å². The van der Waals surface area contributed by atoms with Crippen LogP contribution in [0.1, 0.15) is 25.1 Å². The maximum absolute atomic E-state index is 11.2. The van der Waals surface area contributed by atoms with Gasteiger partial charge in [-0.25, -0.2) is 0 Å². The van der Waals surface area contributed by atoms with E-state index in [0.717, 1.165) is 11.3 Å². The Balaban J connectivity index is 2.21. The van der Waals surface area contributed by atoms with Crippen LogP contribution in [0.3, 0.4) is 0 Å². The van der Waals surface area contributed by atoms with E-state index in [1.165, 1.54) is 13.8 Å². The number of carbonyl (C=O) groups is 2. The predicted molar refractivity (Wildman–Crippen MR) is 52.8 cm³/mol. The van der Waals surface area contributed by atoms with Gasteiger partial charge in [0.05, 0.1) is 18.8 Å². The third-order valence-corrected chi connectivity index (χ3v) is 2.39. The molecule has 0 saturated heterocycles. The lowest BCUT2D eigenvalue weighted by molar-refractivity contribution is -0.129. The zero-order chi connectivity index (χ0) is 11.0. The van der Waals surface area contributed by atoms with Crippen molar-refractivity contribution in [1.29, 1.82) is 0 Å². The summed E-state index contributed by atoms with van der Waals surface area (Å²) >= 11 is 0. The first-order valence-electron chi connectivity index (χ1n) is 4.67. The molecule has 6 nitrogen and oxygen atoms in total. The highest BCUT2D eigenvalue weighted by molar-refractivity contribution is 5.88. The summed E-state index contributed by atoms with van der Waals surface area (Å²) in [5.74, 6) is 0.389. The van der Waals surface area contributed by atoms with Gasteiger partial charge in [-0.2, -0.15) is 5.10 Å². The topological polar surface area (TPSA) is 78.1 Å². The van der Waals surface area contributed by atoms with E-state index in [1.54, 1.807) is 4.90 Å². The highest BCUT2D eigenvalue weighted by Crippen LogP contribution is 2.26. The quantitative estimate of drug-likeness (QED) is 0.693. The van der Waals surface area contributed by atoms with E-state index >= 15 is 0 Å².